The fourth-order valence-corrected chi connectivity index (χ4v) is 2.15. The van der Waals surface area contributed by atoms with Gasteiger partial charge in [0.25, 0.3) is 0 Å². The van der Waals surface area contributed by atoms with E-state index >= 15 is 0 Å². The number of carboxylic acid groups (broad SMARTS) is 1. The maximum Gasteiger partial charge on any atom is 0.316 e. The van der Waals surface area contributed by atoms with Crippen molar-refractivity contribution in [1.29, 1.82) is 0 Å². The SMILES string of the molecule is CCCCCCSC(CC)C(=O)O. The van der Waals surface area contributed by atoms with Gasteiger partial charge in [-0.2, -0.15) is 0 Å². The van der Waals surface area contributed by atoms with Gasteiger partial charge in [0.1, 0.15) is 5.25 Å². The van der Waals surface area contributed by atoms with E-state index in [-0.39, 0.29) is 5.25 Å². The van der Waals surface area contributed by atoms with E-state index in [4.69, 9.17) is 5.11 Å². The smallest absolute Gasteiger partial charge is 0.316 e. The van der Waals surface area contributed by atoms with E-state index in [0.29, 0.717) is 0 Å². The molecule has 1 N–H and O–H groups in total. The van der Waals surface area contributed by atoms with Crippen molar-refractivity contribution >= 4 is 17.7 Å². The Balaban J connectivity index is 3.33. The largest absolute Gasteiger partial charge is 0.480 e. The highest BCUT2D eigenvalue weighted by molar-refractivity contribution is 8.00. The molecular formula is C10H20O2S. The Morgan fingerprint density at radius 3 is 2.46 bits per heavy atom. The van der Waals surface area contributed by atoms with E-state index in [1.165, 1.54) is 19.3 Å². The summed E-state index contributed by atoms with van der Waals surface area (Å²) in [6.07, 6.45) is 5.63. The number of aliphatic carboxylic acids is 1. The van der Waals surface area contributed by atoms with Gasteiger partial charge in [-0.05, 0) is 18.6 Å². The molecule has 1 unspecified atom stereocenters. The van der Waals surface area contributed by atoms with Crippen molar-refractivity contribution in [2.75, 3.05) is 5.75 Å². The van der Waals surface area contributed by atoms with Crippen molar-refractivity contribution in [1.82, 2.24) is 0 Å². The van der Waals surface area contributed by atoms with Crippen LogP contribution in [0.3, 0.4) is 0 Å². The van der Waals surface area contributed by atoms with Crippen molar-refractivity contribution in [2.24, 2.45) is 0 Å². The summed E-state index contributed by atoms with van der Waals surface area (Å²) in [7, 11) is 0. The second-order valence-corrected chi connectivity index (χ2v) is 4.48. The standard InChI is InChI=1S/C10H20O2S/c1-3-5-6-7-8-13-9(4-2)10(11)12/h9H,3-8H2,1-2H3,(H,11,12). The monoisotopic (exact) mass is 204 g/mol. The van der Waals surface area contributed by atoms with Crippen molar-refractivity contribution < 1.29 is 9.90 Å². The fourth-order valence-electron chi connectivity index (χ4n) is 1.12. The topological polar surface area (TPSA) is 37.3 Å². The number of hydrogen-bond donors (Lipinski definition) is 1. The van der Waals surface area contributed by atoms with Gasteiger partial charge in [-0.3, -0.25) is 4.79 Å². The van der Waals surface area contributed by atoms with Crippen LogP contribution in [0.2, 0.25) is 0 Å². The average Bonchev–Trinajstić information content (AvgIpc) is 2.10. The molecule has 13 heavy (non-hydrogen) atoms. The van der Waals surface area contributed by atoms with Gasteiger partial charge in [0.2, 0.25) is 0 Å². The van der Waals surface area contributed by atoms with Gasteiger partial charge in [0.15, 0.2) is 0 Å². The van der Waals surface area contributed by atoms with Crippen LogP contribution in [-0.4, -0.2) is 22.1 Å². The van der Waals surface area contributed by atoms with E-state index in [1.807, 2.05) is 6.92 Å². The lowest BCUT2D eigenvalue weighted by molar-refractivity contribution is -0.136. The molecule has 0 amide bonds. The molecule has 0 spiro atoms. The zero-order valence-electron chi connectivity index (χ0n) is 8.58. The third kappa shape index (κ3) is 6.94. The van der Waals surface area contributed by atoms with Crippen molar-refractivity contribution in [3.8, 4) is 0 Å². The number of hydrogen-bond acceptors (Lipinski definition) is 2. The first-order chi connectivity index (χ1) is 6.22. The van der Waals surface area contributed by atoms with Gasteiger partial charge < -0.3 is 5.11 Å². The molecule has 0 aromatic rings. The van der Waals surface area contributed by atoms with Crippen LogP contribution in [0, 0.1) is 0 Å². The van der Waals surface area contributed by atoms with Crippen molar-refractivity contribution in [3.05, 3.63) is 0 Å². The molecule has 0 radical (unpaired) electrons. The summed E-state index contributed by atoms with van der Waals surface area (Å²) in [5.74, 6) is 0.327. The Hall–Kier alpha value is -0.180. The number of rotatable bonds is 8. The molecule has 0 heterocycles. The van der Waals surface area contributed by atoms with Gasteiger partial charge in [-0.1, -0.05) is 33.1 Å². The van der Waals surface area contributed by atoms with Gasteiger partial charge in [-0.25, -0.2) is 0 Å². The zero-order chi connectivity index (χ0) is 10.1. The molecule has 2 nitrogen and oxygen atoms in total. The first kappa shape index (κ1) is 12.8. The lowest BCUT2D eigenvalue weighted by atomic mass is 10.2. The van der Waals surface area contributed by atoms with E-state index in [0.717, 1.165) is 18.6 Å². The quantitative estimate of drug-likeness (QED) is 0.617. The van der Waals surface area contributed by atoms with Crippen LogP contribution >= 0.6 is 11.8 Å². The number of carbonyl (C=O) groups is 1. The zero-order valence-corrected chi connectivity index (χ0v) is 9.40. The molecule has 0 aliphatic carbocycles. The molecule has 0 aliphatic rings. The third-order valence-electron chi connectivity index (χ3n) is 1.96. The summed E-state index contributed by atoms with van der Waals surface area (Å²) in [4.78, 5) is 10.6. The highest BCUT2D eigenvalue weighted by Gasteiger charge is 2.14. The molecule has 3 heteroatoms. The van der Waals surface area contributed by atoms with Crippen LogP contribution in [-0.2, 0) is 4.79 Å². The number of thioether (sulfide) groups is 1. The van der Waals surface area contributed by atoms with Gasteiger partial charge in [0, 0.05) is 0 Å². The first-order valence-corrected chi connectivity index (χ1v) is 6.11. The van der Waals surface area contributed by atoms with Crippen LogP contribution in [0.15, 0.2) is 0 Å². The minimum absolute atomic E-state index is 0.193. The number of carboxylic acids is 1. The van der Waals surface area contributed by atoms with Crippen LogP contribution in [0.4, 0.5) is 0 Å². The molecule has 0 saturated heterocycles. The van der Waals surface area contributed by atoms with Crippen LogP contribution in [0.25, 0.3) is 0 Å². The summed E-state index contributed by atoms with van der Waals surface area (Å²) in [6.45, 7) is 4.11. The fraction of sp³-hybridized carbons (Fsp3) is 0.900. The molecule has 0 aromatic heterocycles. The normalized spacial score (nSPS) is 12.8. The Morgan fingerprint density at radius 1 is 1.31 bits per heavy atom. The minimum Gasteiger partial charge on any atom is -0.480 e. The van der Waals surface area contributed by atoms with Crippen molar-refractivity contribution in [2.45, 2.75) is 51.2 Å². The Bertz CT molecular complexity index is 137. The van der Waals surface area contributed by atoms with E-state index in [1.54, 1.807) is 11.8 Å². The molecule has 1 atom stereocenters. The van der Waals surface area contributed by atoms with Crippen molar-refractivity contribution in [3.63, 3.8) is 0 Å². The summed E-state index contributed by atoms with van der Waals surface area (Å²) in [5, 5.41) is 8.56. The summed E-state index contributed by atoms with van der Waals surface area (Å²) in [6, 6.07) is 0. The van der Waals surface area contributed by atoms with Crippen LogP contribution in [0.1, 0.15) is 46.0 Å². The predicted octanol–water partition coefficient (Wildman–Crippen LogP) is 3.16. The molecule has 78 valence electrons. The van der Waals surface area contributed by atoms with E-state index in [9.17, 15) is 4.79 Å². The molecule has 0 rings (SSSR count). The van der Waals surface area contributed by atoms with Gasteiger partial charge in [0.05, 0.1) is 0 Å². The lowest BCUT2D eigenvalue weighted by Crippen LogP contribution is -2.15. The molecule has 0 saturated carbocycles. The van der Waals surface area contributed by atoms with Gasteiger partial charge in [-0.15, -0.1) is 11.8 Å². The Kier molecular flexibility index (Phi) is 8.30. The molecule has 0 aromatic carbocycles. The first-order valence-electron chi connectivity index (χ1n) is 5.06. The van der Waals surface area contributed by atoms with Gasteiger partial charge >= 0.3 is 5.97 Å². The van der Waals surface area contributed by atoms with E-state index in [2.05, 4.69) is 6.92 Å². The highest BCUT2D eigenvalue weighted by Crippen LogP contribution is 2.17. The summed E-state index contributed by atoms with van der Waals surface area (Å²) in [5.41, 5.74) is 0. The second-order valence-electron chi connectivity index (χ2n) is 3.17. The molecule has 0 aliphatic heterocycles. The average molecular weight is 204 g/mol. The van der Waals surface area contributed by atoms with Crippen LogP contribution in [0.5, 0.6) is 0 Å². The maximum absolute atomic E-state index is 10.6. The molecule has 0 bridgehead atoms. The minimum atomic E-state index is -0.664. The Labute approximate surface area is 85.1 Å². The molecular weight excluding hydrogens is 184 g/mol. The van der Waals surface area contributed by atoms with E-state index < -0.39 is 5.97 Å². The second kappa shape index (κ2) is 8.42. The molecule has 0 fully saturated rings. The number of unbranched alkanes of at least 4 members (excludes halogenated alkanes) is 3. The summed E-state index contributed by atoms with van der Waals surface area (Å²) < 4.78 is 0. The summed E-state index contributed by atoms with van der Waals surface area (Å²) >= 11 is 1.58. The third-order valence-corrected chi connectivity index (χ3v) is 3.42. The Morgan fingerprint density at radius 2 is 2.00 bits per heavy atom. The highest BCUT2D eigenvalue weighted by atomic mass is 32.2. The van der Waals surface area contributed by atoms with Crippen LogP contribution < -0.4 is 0 Å². The lowest BCUT2D eigenvalue weighted by Gasteiger charge is -2.08. The maximum atomic E-state index is 10.6. The predicted molar refractivity (Wildman–Crippen MR) is 58.3 cm³/mol.